The number of epoxide rings is 1. The van der Waals surface area contributed by atoms with Crippen LogP contribution in [0.3, 0.4) is 0 Å². The van der Waals surface area contributed by atoms with Gasteiger partial charge in [-0.05, 0) is 51.3 Å². The van der Waals surface area contributed by atoms with Crippen molar-refractivity contribution in [2.45, 2.75) is 121 Å². The lowest BCUT2D eigenvalue weighted by Crippen LogP contribution is -2.63. The Morgan fingerprint density at radius 1 is 1.08 bits per heavy atom. The Balaban J connectivity index is 1.28. The first-order valence-corrected chi connectivity index (χ1v) is 23.7. The van der Waals surface area contributed by atoms with Gasteiger partial charge >= 0.3 is 18.0 Å². The van der Waals surface area contributed by atoms with Gasteiger partial charge in [-0.1, -0.05) is 63.9 Å². The van der Waals surface area contributed by atoms with E-state index in [1.54, 1.807) is 45.2 Å². The molecule has 0 aromatic heterocycles. The number of hydrogen-bond donors (Lipinski definition) is 2. The number of ether oxygens (including phenoxy) is 5. The summed E-state index contributed by atoms with van der Waals surface area (Å²) < 4.78 is 29.3. The van der Waals surface area contributed by atoms with E-state index in [4.69, 9.17) is 40.1 Å². The van der Waals surface area contributed by atoms with Crippen LogP contribution in [-0.4, -0.2) is 138 Å². The largest absolute Gasteiger partial charge is 0.495 e. The number of anilines is 1. The van der Waals surface area contributed by atoms with E-state index < -0.39 is 83.5 Å². The molecule has 21 heteroatoms. The Bertz CT molecular complexity index is 2020. The van der Waals surface area contributed by atoms with Gasteiger partial charge in [0.15, 0.2) is 5.72 Å². The highest BCUT2D eigenvalue weighted by atomic mass is 35.5. The van der Waals surface area contributed by atoms with Gasteiger partial charge in [-0.15, -0.1) is 5.06 Å². The number of benzene rings is 1. The number of methoxy groups -OCH3 is 2. The van der Waals surface area contributed by atoms with Crippen LogP contribution in [0.25, 0.3) is 0 Å². The average Bonchev–Trinajstić information content (AvgIpc) is 3.86. The predicted molar refractivity (Wildman–Crippen MR) is 237 cm³/mol. The highest BCUT2D eigenvalue weighted by Crippen LogP contribution is 2.49. The summed E-state index contributed by atoms with van der Waals surface area (Å²) in [7, 11) is 8.76. The van der Waals surface area contributed by atoms with Crippen LogP contribution in [0.2, 0.25) is 5.02 Å². The van der Waals surface area contributed by atoms with Crippen LogP contribution >= 0.6 is 33.2 Å². The molecule has 1 aromatic carbocycles. The van der Waals surface area contributed by atoms with E-state index in [1.807, 2.05) is 13.0 Å². The van der Waals surface area contributed by atoms with Crippen molar-refractivity contribution in [3.63, 3.8) is 0 Å². The number of hydrogen-bond acceptors (Lipinski definition) is 16. The molecule has 4 aliphatic rings. The molecule has 64 heavy (non-hydrogen) atoms. The smallest absolute Gasteiger partial charge is 0.409 e. The molecule has 5 rings (SSSR count). The minimum atomic E-state index is -1.86. The van der Waals surface area contributed by atoms with Gasteiger partial charge in [0.2, 0.25) is 11.8 Å². The minimum absolute atomic E-state index is 0.00719. The maximum absolute atomic E-state index is 14.2. The zero-order valence-corrected chi connectivity index (χ0v) is 39.6. The fourth-order valence-corrected chi connectivity index (χ4v) is 10.1. The van der Waals surface area contributed by atoms with E-state index in [1.165, 1.54) is 59.6 Å². The number of esters is 1. The van der Waals surface area contributed by atoms with Crippen molar-refractivity contribution in [3.8, 4) is 5.75 Å². The van der Waals surface area contributed by atoms with Crippen molar-refractivity contribution in [1.29, 1.82) is 0 Å². The van der Waals surface area contributed by atoms with Crippen molar-refractivity contribution in [2.24, 2.45) is 5.92 Å². The number of nitrogens with zero attached hydrogens (tertiary/aromatic N) is 3. The van der Waals surface area contributed by atoms with E-state index in [0.717, 1.165) is 11.1 Å². The highest BCUT2D eigenvalue weighted by molar-refractivity contribution is 8.76. The Morgan fingerprint density at radius 3 is 2.44 bits per heavy atom. The number of allylic oxidation sites excluding steroid dienone is 3. The summed E-state index contributed by atoms with van der Waals surface area (Å²) >= 11 is 6.78. The standard InChI is InChI=1S/C43H57ClN4O14S2/c1-24-11-9-12-31(58-8)43(56)23-30(59-41(55)45-43)25(2)39-42(4,61-39)32(22-36(52)47(6)28-20-27(19-24)21-29(57-7)38(28)44)60-40(54)26(3)46(5)33(49)16-18-64-63-17-10-13-37(53)62-48-34(50)14-15-35(48)51/h9,11-12,20-21,25-26,30-32,39,56H,10,13-19,22-23H2,1-8H3,(H,45,55)/b12-9+,24-11+. The van der Waals surface area contributed by atoms with Crippen LogP contribution in [0.15, 0.2) is 35.9 Å². The number of fused-ring (bicyclic) bond motifs is 5. The molecule has 0 spiro atoms. The molecule has 18 nitrogen and oxygen atoms in total. The molecule has 4 bridgehead atoms. The molecule has 3 saturated heterocycles. The second-order valence-corrected chi connectivity index (χ2v) is 19.5. The Hall–Kier alpha value is -4.34. The minimum Gasteiger partial charge on any atom is -0.495 e. The second-order valence-electron chi connectivity index (χ2n) is 16.4. The molecule has 2 N–H and O–H groups in total. The number of halogens is 1. The van der Waals surface area contributed by atoms with Crippen LogP contribution in [-0.2, 0) is 59.0 Å². The lowest BCUT2D eigenvalue weighted by Gasteiger charge is -2.42. The number of rotatable bonds is 14. The number of carbonyl (C=O) groups is 7. The number of carbonyl (C=O) groups excluding carboxylic acids is 7. The van der Waals surface area contributed by atoms with E-state index in [-0.39, 0.29) is 49.5 Å². The molecule has 352 valence electrons. The monoisotopic (exact) mass is 952 g/mol. The third-order valence-electron chi connectivity index (χ3n) is 11.8. The summed E-state index contributed by atoms with van der Waals surface area (Å²) in [6.07, 6.45) is 1.11. The van der Waals surface area contributed by atoms with Gasteiger partial charge in [0, 0.05) is 70.7 Å². The molecule has 0 saturated carbocycles. The average molecular weight is 954 g/mol. The predicted octanol–water partition coefficient (Wildman–Crippen LogP) is 4.67. The number of aliphatic hydroxyl groups is 1. The van der Waals surface area contributed by atoms with Crippen LogP contribution in [0.1, 0.15) is 78.2 Å². The second kappa shape index (κ2) is 21.8. The summed E-state index contributed by atoms with van der Waals surface area (Å²) in [6, 6.07) is 2.47. The maximum atomic E-state index is 14.2. The molecule has 4 heterocycles. The zero-order chi connectivity index (χ0) is 47.1. The normalized spacial score (nSPS) is 29.1. The molecule has 1 aromatic rings. The van der Waals surface area contributed by atoms with E-state index in [2.05, 4.69) is 5.32 Å². The van der Waals surface area contributed by atoms with Crippen molar-refractivity contribution in [2.75, 3.05) is 44.7 Å². The van der Waals surface area contributed by atoms with Crippen LogP contribution < -0.4 is 15.0 Å². The molecule has 0 aliphatic carbocycles. The van der Waals surface area contributed by atoms with Gasteiger partial charge < -0.3 is 43.4 Å². The molecule has 8 unspecified atom stereocenters. The molecular weight excluding hydrogens is 896 g/mol. The van der Waals surface area contributed by atoms with Gasteiger partial charge in [0.05, 0.1) is 25.3 Å². The summed E-state index contributed by atoms with van der Waals surface area (Å²) in [6.45, 7) is 6.89. The topological polar surface area (TPSA) is 220 Å². The first kappa shape index (κ1) is 50.7. The molecule has 0 radical (unpaired) electrons. The molecule has 3 fully saturated rings. The molecule has 8 atom stereocenters. The van der Waals surface area contributed by atoms with Crippen molar-refractivity contribution in [1.82, 2.24) is 15.3 Å². The zero-order valence-electron chi connectivity index (χ0n) is 37.2. The maximum Gasteiger partial charge on any atom is 0.409 e. The molecule has 5 amide bonds. The molecular formula is C43H57ClN4O14S2. The highest BCUT2D eigenvalue weighted by Gasteiger charge is 2.64. The summed E-state index contributed by atoms with van der Waals surface area (Å²) in [5.41, 5.74) is -1.10. The molecule has 4 aliphatic heterocycles. The van der Waals surface area contributed by atoms with E-state index in [0.29, 0.717) is 40.8 Å². The van der Waals surface area contributed by atoms with E-state index in [9.17, 15) is 38.7 Å². The summed E-state index contributed by atoms with van der Waals surface area (Å²) in [5.74, 6) is -2.65. The number of hydroxylamine groups is 2. The quantitative estimate of drug-likeness (QED) is 0.0851. The fraction of sp³-hybridized carbons (Fsp3) is 0.605. The summed E-state index contributed by atoms with van der Waals surface area (Å²) in [5, 5.41) is 15.0. The van der Waals surface area contributed by atoms with Gasteiger partial charge in [-0.25, -0.2) is 14.4 Å². The van der Waals surface area contributed by atoms with E-state index >= 15 is 0 Å². The van der Waals surface area contributed by atoms with Gasteiger partial charge in [-0.3, -0.25) is 24.5 Å². The van der Waals surface area contributed by atoms with Gasteiger partial charge in [0.25, 0.3) is 11.8 Å². The van der Waals surface area contributed by atoms with Crippen molar-refractivity contribution in [3.05, 3.63) is 46.5 Å². The third kappa shape index (κ3) is 12.1. The number of alkyl carbamates (subject to hydrolysis) is 1. The van der Waals surface area contributed by atoms with Crippen LogP contribution in [0.5, 0.6) is 5.75 Å². The third-order valence-corrected chi connectivity index (χ3v) is 14.7. The first-order chi connectivity index (χ1) is 30.2. The SMILES string of the molecule is COc1cc2cc(c1Cl)N(C)C(=O)CC(OC(=O)C(C)N(C)C(=O)CCSSCCCC(=O)ON1C(=O)CCC1=O)C1(C)OC1C(C)C1CC(O)(NC(=O)O1)C(OC)/C=C/C=C(\C)C2. The summed E-state index contributed by atoms with van der Waals surface area (Å²) in [4.78, 5) is 97.2. The Labute approximate surface area is 385 Å². The lowest BCUT2D eigenvalue weighted by atomic mass is 9.83. The fourth-order valence-electron chi connectivity index (χ4n) is 7.72. The Morgan fingerprint density at radius 2 is 1.77 bits per heavy atom. The van der Waals surface area contributed by atoms with Crippen molar-refractivity contribution < 1.29 is 67.2 Å². The van der Waals surface area contributed by atoms with Crippen LogP contribution in [0, 0.1) is 5.92 Å². The number of likely N-dealkylation sites (N-methyl/N-ethyl adjacent to an activating group) is 1. The number of imide groups is 1. The van der Waals surface area contributed by atoms with Crippen molar-refractivity contribution >= 4 is 80.5 Å². The number of nitrogens with one attached hydrogen (secondary N) is 1. The number of amides is 5. The van der Waals surface area contributed by atoms with Gasteiger partial charge in [0.1, 0.15) is 40.7 Å². The first-order valence-electron chi connectivity index (χ1n) is 20.9. The Kier molecular flexibility index (Phi) is 17.2. The lowest BCUT2D eigenvalue weighted by molar-refractivity contribution is -0.197. The van der Waals surface area contributed by atoms with Gasteiger partial charge in [-0.2, -0.15) is 0 Å². The van der Waals surface area contributed by atoms with Crippen LogP contribution in [0.4, 0.5) is 10.5 Å².